The first-order valence-electron chi connectivity index (χ1n) is 8.64. The molecule has 27 heavy (non-hydrogen) atoms. The van der Waals surface area contributed by atoms with Crippen LogP contribution in [-0.4, -0.2) is 7.11 Å². The third kappa shape index (κ3) is 5.64. The molecule has 0 amide bonds. The molecule has 0 aliphatic carbocycles. The van der Waals surface area contributed by atoms with Gasteiger partial charge in [-0.15, -0.1) is 0 Å². The van der Waals surface area contributed by atoms with E-state index >= 15 is 0 Å². The summed E-state index contributed by atoms with van der Waals surface area (Å²) in [5.41, 5.74) is 3.20. The zero-order valence-corrected chi connectivity index (χ0v) is 16.6. The molecular weight excluding hydrogens is 381 g/mol. The maximum Gasteiger partial charge on any atom is 0.119 e. The highest BCUT2D eigenvalue weighted by molar-refractivity contribution is 6.35. The second kappa shape index (κ2) is 9.65. The van der Waals surface area contributed by atoms with Crippen LogP contribution in [0.4, 0.5) is 0 Å². The van der Waals surface area contributed by atoms with Crippen LogP contribution in [0.2, 0.25) is 10.0 Å². The zero-order valence-electron chi connectivity index (χ0n) is 15.0. The molecule has 0 unspecified atom stereocenters. The summed E-state index contributed by atoms with van der Waals surface area (Å²) in [5.74, 6) is 1.65. The second-order valence-corrected chi connectivity index (χ2v) is 6.90. The van der Waals surface area contributed by atoms with Gasteiger partial charge in [-0.05, 0) is 47.5 Å². The van der Waals surface area contributed by atoms with Gasteiger partial charge in [0.1, 0.15) is 18.1 Å². The lowest BCUT2D eigenvalue weighted by Gasteiger charge is -2.10. The molecule has 0 spiro atoms. The number of methoxy groups -OCH3 is 1. The SMILES string of the molecule is COc1ccc(CNCc2ccc(OCc3c(Cl)cccc3Cl)cc2)cc1. The van der Waals surface area contributed by atoms with Crippen LogP contribution in [-0.2, 0) is 19.7 Å². The van der Waals surface area contributed by atoms with E-state index < -0.39 is 0 Å². The van der Waals surface area contributed by atoms with Crippen LogP contribution in [0, 0.1) is 0 Å². The molecule has 0 fully saturated rings. The lowest BCUT2D eigenvalue weighted by molar-refractivity contribution is 0.306. The van der Waals surface area contributed by atoms with Crippen LogP contribution in [0.25, 0.3) is 0 Å². The van der Waals surface area contributed by atoms with Crippen LogP contribution < -0.4 is 14.8 Å². The van der Waals surface area contributed by atoms with Gasteiger partial charge >= 0.3 is 0 Å². The Labute approximate surface area is 169 Å². The van der Waals surface area contributed by atoms with Gasteiger partial charge in [0.15, 0.2) is 0 Å². The zero-order chi connectivity index (χ0) is 19.1. The minimum atomic E-state index is 0.341. The molecule has 0 aliphatic heterocycles. The van der Waals surface area contributed by atoms with Gasteiger partial charge in [-0.3, -0.25) is 0 Å². The van der Waals surface area contributed by atoms with E-state index in [4.69, 9.17) is 32.7 Å². The fraction of sp³-hybridized carbons (Fsp3) is 0.182. The smallest absolute Gasteiger partial charge is 0.119 e. The molecule has 1 N–H and O–H groups in total. The average molecular weight is 402 g/mol. The number of hydrogen-bond acceptors (Lipinski definition) is 3. The van der Waals surface area contributed by atoms with Crippen LogP contribution in [0.5, 0.6) is 11.5 Å². The summed E-state index contributed by atoms with van der Waals surface area (Å²) < 4.78 is 11.0. The molecule has 5 heteroatoms. The highest BCUT2D eigenvalue weighted by Gasteiger charge is 2.06. The second-order valence-electron chi connectivity index (χ2n) is 6.08. The van der Waals surface area contributed by atoms with Crippen molar-refractivity contribution in [2.75, 3.05) is 7.11 Å². The van der Waals surface area contributed by atoms with Crippen molar-refractivity contribution in [3.63, 3.8) is 0 Å². The maximum absolute atomic E-state index is 6.17. The van der Waals surface area contributed by atoms with E-state index in [2.05, 4.69) is 17.4 Å². The van der Waals surface area contributed by atoms with Crippen molar-refractivity contribution in [2.24, 2.45) is 0 Å². The summed E-state index contributed by atoms with van der Waals surface area (Å²) in [4.78, 5) is 0. The van der Waals surface area contributed by atoms with Crippen molar-refractivity contribution in [1.82, 2.24) is 5.32 Å². The fourth-order valence-electron chi connectivity index (χ4n) is 2.62. The highest BCUT2D eigenvalue weighted by atomic mass is 35.5. The minimum Gasteiger partial charge on any atom is -0.497 e. The van der Waals surface area contributed by atoms with Gasteiger partial charge in [0, 0.05) is 28.7 Å². The first kappa shape index (κ1) is 19.6. The molecule has 0 aliphatic rings. The molecule has 3 aromatic rings. The van der Waals surface area contributed by atoms with Crippen LogP contribution in [0.15, 0.2) is 66.7 Å². The molecule has 0 heterocycles. The standard InChI is InChI=1S/C22H21Cl2NO2/c1-26-18-9-5-16(6-10-18)13-25-14-17-7-11-19(12-8-17)27-15-20-21(23)3-2-4-22(20)24/h2-12,25H,13-15H2,1H3. The van der Waals surface area contributed by atoms with Crippen LogP contribution in [0.1, 0.15) is 16.7 Å². The number of hydrogen-bond donors (Lipinski definition) is 1. The molecule has 0 atom stereocenters. The Morgan fingerprint density at radius 3 is 1.78 bits per heavy atom. The average Bonchev–Trinajstić information content (AvgIpc) is 2.69. The van der Waals surface area contributed by atoms with Gasteiger partial charge in [0.05, 0.1) is 7.11 Å². The summed E-state index contributed by atoms with van der Waals surface area (Å²) in [6, 6.07) is 21.5. The van der Waals surface area contributed by atoms with Gasteiger partial charge < -0.3 is 14.8 Å². The Kier molecular flexibility index (Phi) is 6.99. The third-order valence-electron chi connectivity index (χ3n) is 4.19. The molecule has 0 bridgehead atoms. The van der Waals surface area contributed by atoms with Gasteiger partial charge in [-0.2, -0.15) is 0 Å². The van der Waals surface area contributed by atoms with Crippen molar-refractivity contribution in [3.8, 4) is 11.5 Å². The molecule has 3 nitrogen and oxygen atoms in total. The predicted octanol–water partition coefficient (Wildman–Crippen LogP) is 5.87. The lowest BCUT2D eigenvalue weighted by atomic mass is 10.2. The van der Waals surface area contributed by atoms with E-state index in [1.807, 2.05) is 54.6 Å². The van der Waals surface area contributed by atoms with Gasteiger partial charge in [-0.1, -0.05) is 53.5 Å². The number of rotatable bonds is 8. The molecule has 140 valence electrons. The van der Waals surface area contributed by atoms with E-state index in [0.29, 0.717) is 16.7 Å². The highest BCUT2D eigenvalue weighted by Crippen LogP contribution is 2.26. The summed E-state index contributed by atoms with van der Waals surface area (Å²) in [6.45, 7) is 1.92. The van der Waals surface area contributed by atoms with Crippen molar-refractivity contribution in [2.45, 2.75) is 19.7 Å². The fourth-order valence-corrected chi connectivity index (χ4v) is 3.13. The lowest BCUT2D eigenvalue weighted by Crippen LogP contribution is -2.12. The Morgan fingerprint density at radius 2 is 1.26 bits per heavy atom. The molecule has 0 aromatic heterocycles. The summed E-state index contributed by atoms with van der Waals surface area (Å²) in [7, 11) is 1.67. The van der Waals surface area contributed by atoms with Crippen molar-refractivity contribution in [3.05, 3.63) is 93.5 Å². The van der Waals surface area contributed by atoms with E-state index in [-0.39, 0.29) is 0 Å². The van der Waals surface area contributed by atoms with Crippen molar-refractivity contribution in [1.29, 1.82) is 0 Å². The van der Waals surface area contributed by atoms with E-state index in [9.17, 15) is 0 Å². The Balaban J connectivity index is 1.48. The first-order valence-corrected chi connectivity index (χ1v) is 9.39. The third-order valence-corrected chi connectivity index (χ3v) is 4.89. The number of nitrogens with one attached hydrogen (secondary N) is 1. The first-order chi connectivity index (χ1) is 13.2. The number of ether oxygens (including phenoxy) is 2. The summed E-state index contributed by atoms with van der Waals surface area (Å²) in [5, 5.41) is 4.66. The van der Waals surface area contributed by atoms with Gasteiger partial charge in [0.2, 0.25) is 0 Å². The topological polar surface area (TPSA) is 30.5 Å². The predicted molar refractivity (Wildman–Crippen MR) is 111 cm³/mol. The summed E-state index contributed by atoms with van der Waals surface area (Å²) in [6.07, 6.45) is 0. The summed E-state index contributed by atoms with van der Waals surface area (Å²) >= 11 is 12.3. The Hall–Kier alpha value is -2.20. The molecule has 0 saturated carbocycles. The molecular formula is C22H21Cl2NO2. The van der Waals surface area contributed by atoms with Crippen molar-refractivity contribution < 1.29 is 9.47 Å². The Bertz CT molecular complexity index is 844. The Morgan fingerprint density at radius 1 is 0.741 bits per heavy atom. The van der Waals surface area contributed by atoms with Crippen LogP contribution in [0.3, 0.4) is 0 Å². The number of benzene rings is 3. The minimum absolute atomic E-state index is 0.341. The molecule has 3 aromatic carbocycles. The number of halogens is 2. The van der Waals surface area contributed by atoms with Crippen molar-refractivity contribution >= 4 is 23.2 Å². The van der Waals surface area contributed by atoms with Crippen LogP contribution >= 0.6 is 23.2 Å². The maximum atomic E-state index is 6.17. The van der Waals surface area contributed by atoms with Gasteiger partial charge in [-0.25, -0.2) is 0 Å². The molecule has 0 radical (unpaired) electrons. The van der Waals surface area contributed by atoms with E-state index in [1.54, 1.807) is 7.11 Å². The normalized spacial score (nSPS) is 10.6. The monoisotopic (exact) mass is 401 g/mol. The molecule has 0 saturated heterocycles. The largest absolute Gasteiger partial charge is 0.497 e. The molecule has 3 rings (SSSR count). The van der Waals surface area contributed by atoms with Gasteiger partial charge in [0.25, 0.3) is 0 Å². The van der Waals surface area contributed by atoms with E-state index in [0.717, 1.165) is 30.2 Å². The quantitative estimate of drug-likeness (QED) is 0.511. The van der Waals surface area contributed by atoms with E-state index in [1.165, 1.54) is 11.1 Å².